The molecule has 64 valence electrons. The molecule has 0 aliphatic carbocycles. The first-order valence-corrected chi connectivity index (χ1v) is 4.46. The molecule has 0 saturated heterocycles. The van der Waals surface area contributed by atoms with Gasteiger partial charge in [0, 0.05) is 9.13 Å². The van der Waals surface area contributed by atoms with Crippen molar-refractivity contribution in [1.82, 2.24) is 0 Å². The first-order valence-electron chi connectivity index (χ1n) is 3.38. The predicted molar refractivity (Wildman–Crippen MR) is 58.0 cm³/mol. The topological polar surface area (TPSA) is 69.1 Å². The molecule has 1 aromatic rings. The monoisotopic (exact) mass is 276 g/mol. The van der Waals surface area contributed by atoms with Gasteiger partial charge in [0.15, 0.2) is 5.78 Å². The summed E-state index contributed by atoms with van der Waals surface area (Å²) in [6.07, 6.45) is 0. The maximum atomic E-state index is 11.0. The number of hydrogen-bond acceptors (Lipinski definition) is 3. The van der Waals surface area contributed by atoms with Crippen LogP contribution < -0.4 is 11.5 Å². The fraction of sp³-hybridized carbons (Fsp3) is 0.125. The maximum Gasteiger partial charge on any atom is 0.161 e. The van der Waals surface area contributed by atoms with Gasteiger partial charge in [0.1, 0.15) is 0 Å². The van der Waals surface area contributed by atoms with Crippen LogP contribution in [0.2, 0.25) is 0 Å². The van der Waals surface area contributed by atoms with Gasteiger partial charge in [-0.25, -0.2) is 0 Å². The normalized spacial score (nSPS) is 9.83. The van der Waals surface area contributed by atoms with Crippen LogP contribution in [0.4, 0.5) is 11.4 Å². The third-order valence-corrected chi connectivity index (χ3v) is 2.55. The van der Waals surface area contributed by atoms with Crippen LogP contribution >= 0.6 is 22.6 Å². The Labute approximate surface area is 84.3 Å². The average molecular weight is 276 g/mol. The summed E-state index contributed by atoms with van der Waals surface area (Å²) in [7, 11) is 0. The lowest BCUT2D eigenvalue weighted by Gasteiger charge is -2.06. The number of benzene rings is 1. The molecule has 3 nitrogen and oxygen atoms in total. The van der Waals surface area contributed by atoms with Crippen LogP contribution in [0.3, 0.4) is 0 Å². The van der Waals surface area contributed by atoms with Gasteiger partial charge in [0.2, 0.25) is 0 Å². The molecule has 0 unspecified atom stereocenters. The lowest BCUT2D eigenvalue weighted by molar-refractivity contribution is 0.101. The summed E-state index contributed by atoms with van der Waals surface area (Å²) in [5.74, 6) is -0.0596. The minimum Gasteiger partial charge on any atom is -0.396 e. The smallest absolute Gasteiger partial charge is 0.161 e. The van der Waals surface area contributed by atoms with Crippen molar-refractivity contribution in [2.45, 2.75) is 6.92 Å². The van der Waals surface area contributed by atoms with Crippen molar-refractivity contribution in [2.24, 2.45) is 0 Å². The zero-order valence-corrected chi connectivity index (χ0v) is 8.75. The lowest BCUT2D eigenvalue weighted by atomic mass is 10.1. The van der Waals surface area contributed by atoms with Gasteiger partial charge in [-0.05, 0) is 41.6 Å². The standard InChI is InChI=1S/C8H9IN2O/c1-4(12)5-2-3-6(9)8(11)7(5)10/h2-3H,10-11H2,1H3. The van der Waals surface area contributed by atoms with Crippen molar-refractivity contribution >= 4 is 39.7 Å². The van der Waals surface area contributed by atoms with Crippen molar-refractivity contribution < 1.29 is 4.79 Å². The number of anilines is 2. The zero-order chi connectivity index (χ0) is 9.30. The molecule has 0 spiro atoms. The molecule has 0 amide bonds. The molecule has 0 atom stereocenters. The summed E-state index contributed by atoms with van der Waals surface area (Å²) in [4.78, 5) is 11.0. The molecular formula is C8H9IN2O. The number of carbonyl (C=O) groups excluding carboxylic acids is 1. The van der Waals surface area contributed by atoms with Crippen LogP contribution in [-0.2, 0) is 0 Å². The summed E-state index contributed by atoms with van der Waals surface area (Å²) in [6, 6.07) is 3.47. The van der Waals surface area contributed by atoms with E-state index in [1.54, 1.807) is 12.1 Å². The minimum absolute atomic E-state index is 0.0596. The van der Waals surface area contributed by atoms with E-state index in [1.165, 1.54) is 6.92 Å². The number of ketones is 1. The van der Waals surface area contributed by atoms with E-state index in [1.807, 2.05) is 0 Å². The van der Waals surface area contributed by atoms with Crippen LogP contribution in [-0.4, -0.2) is 5.78 Å². The molecule has 0 aliphatic heterocycles. The number of halogens is 1. The summed E-state index contributed by atoms with van der Waals surface area (Å²) in [5.41, 5.74) is 12.6. The fourth-order valence-corrected chi connectivity index (χ4v) is 1.39. The van der Waals surface area contributed by atoms with Gasteiger partial charge in [-0.2, -0.15) is 0 Å². The van der Waals surface area contributed by atoms with Gasteiger partial charge in [-0.3, -0.25) is 4.79 Å². The minimum atomic E-state index is -0.0596. The second-order valence-electron chi connectivity index (χ2n) is 2.48. The molecule has 4 N–H and O–H groups in total. The third-order valence-electron chi connectivity index (χ3n) is 1.61. The summed E-state index contributed by atoms with van der Waals surface area (Å²) >= 11 is 2.07. The van der Waals surface area contributed by atoms with Crippen LogP contribution in [0.25, 0.3) is 0 Å². The molecule has 0 saturated carbocycles. The quantitative estimate of drug-likeness (QED) is 0.465. The van der Waals surface area contributed by atoms with Crippen molar-refractivity contribution in [3.63, 3.8) is 0 Å². The van der Waals surface area contributed by atoms with Gasteiger partial charge in [0.05, 0.1) is 11.4 Å². The van der Waals surface area contributed by atoms with Gasteiger partial charge in [0.25, 0.3) is 0 Å². The van der Waals surface area contributed by atoms with E-state index in [0.29, 0.717) is 16.9 Å². The largest absolute Gasteiger partial charge is 0.396 e. The van der Waals surface area contributed by atoms with E-state index in [0.717, 1.165) is 3.57 Å². The average Bonchev–Trinajstić information content (AvgIpc) is 2.00. The van der Waals surface area contributed by atoms with E-state index in [4.69, 9.17) is 11.5 Å². The zero-order valence-electron chi connectivity index (χ0n) is 6.60. The molecule has 1 aromatic carbocycles. The highest BCUT2D eigenvalue weighted by atomic mass is 127. The molecule has 0 fully saturated rings. The molecule has 0 bridgehead atoms. The first-order chi connectivity index (χ1) is 5.54. The number of rotatable bonds is 1. The molecule has 0 aliphatic rings. The Bertz CT molecular complexity index is 336. The van der Waals surface area contributed by atoms with Crippen molar-refractivity contribution in [1.29, 1.82) is 0 Å². The molecule has 12 heavy (non-hydrogen) atoms. The highest BCUT2D eigenvalue weighted by Gasteiger charge is 2.08. The lowest BCUT2D eigenvalue weighted by Crippen LogP contribution is -2.04. The van der Waals surface area contributed by atoms with Crippen molar-refractivity contribution in [2.75, 3.05) is 11.5 Å². The van der Waals surface area contributed by atoms with Crippen LogP contribution in [0, 0.1) is 3.57 Å². The number of carbonyl (C=O) groups is 1. The molecule has 0 radical (unpaired) electrons. The number of nitrogens with two attached hydrogens (primary N) is 2. The van der Waals surface area contributed by atoms with Crippen LogP contribution in [0.5, 0.6) is 0 Å². The van der Waals surface area contributed by atoms with Gasteiger partial charge >= 0.3 is 0 Å². The van der Waals surface area contributed by atoms with Crippen molar-refractivity contribution in [3.05, 3.63) is 21.3 Å². The Hall–Kier alpha value is -0.780. The third kappa shape index (κ3) is 1.52. The summed E-state index contributed by atoms with van der Waals surface area (Å²) in [6.45, 7) is 1.47. The van der Waals surface area contributed by atoms with E-state index < -0.39 is 0 Å². The molecule has 1 rings (SSSR count). The predicted octanol–water partition coefficient (Wildman–Crippen LogP) is 1.66. The van der Waals surface area contributed by atoms with E-state index in [2.05, 4.69) is 22.6 Å². The second-order valence-corrected chi connectivity index (χ2v) is 3.64. The van der Waals surface area contributed by atoms with E-state index in [9.17, 15) is 4.79 Å². The van der Waals surface area contributed by atoms with Crippen LogP contribution in [0.1, 0.15) is 17.3 Å². The Morgan fingerprint density at radius 2 is 1.92 bits per heavy atom. The Kier molecular flexibility index (Phi) is 2.56. The Morgan fingerprint density at radius 1 is 1.33 bits per heavy atom. The Morgan fingerprint density at radius 3 is 2.42 bits per heavy atom. The number of hydrogen-bond donors (Lipinski definition) is 2. The summed E-state index contributed by atoms with van der Waals surface area (Å²) < 4.78 is 0.870. The maximum absolute atomic E-state index is 11.0. The van der Waals surface area contributed by atoms with Crippen molar-refractivity contribution in [3.8, 4) is 0 Å². The van der Waals surface area contributed by atoms with E-state index >= 15 is 0 Å². The SMILES string of the molecule is CC(=O)c1ccc(I)c(N)c1N. The summed E-state index contributed by atoms with van der Waals surface area (Å²) in [5, 5.41) is 0. The molecule has 0 heterocycles. The van der Waals surface area contributed by atoms with Gasteiger partial charge < -0.3 is 11.5 Å². The second kappa shape index (κ2) is 3.30. The Balaban J connectivity index is 3.36. The van der Waals surface area contributed by atoms with Gasteiger partial charge in [-0.1, -0.05) is 0 Å². The molecular weight excluding hydrogens is 267 g/mol. The fourth-order valence-electron chi connectivity index (χ4n) is 0.917. The first kappa shape index (κ1) is 9.31. The van der Waals surface area contributed by atoms with Gasteiger partial charge in [-0.15, -0.1) is 0 Å². The molecule has 0 aromatic heterocycles. The van der Waals surface area contributed by atoms with Crippen LogP contribution in [0.15, 0.2) is 12.1 Å². The highest BCUT2D eigenvalue weighted by Crippen LogP contribution is 2.25. The molecule has 4 heteroatoms. The number of nitrogen functional groups attached to an aromatic ring is 2. The van der Waals surface area contributed by atoms with E-state index in [-0.39, 0.29) is 5.78 Å². The highest BCUT2D eigenvalue weighted by molar-refractivity contribution is 14.1. The number of Topliss-reactive ketones (excluding diaryl/α,β-unsaturated/α-hetero) is 1.